The summed E-state index contributed by atoms with van der Waals surface area (Å²) >= 11 is 0. The Morgan fingerprint density at radius 2 is 2.12 bits per heavy atom. The van der Waals surface area contributed by atoms with Gasteiger partial charge in [0.05, 0.1) is 0 Å². The topological polar surface area (TPSA) is 26.0 Å². The van der Waals surface area contributed by atoms with Crippen molar-refractivity contribution in [2.75, 3.05) is 0 Å². The SMILES string of the molecule is C[Si]1(C)CC[C@@H](N)C1. The molecule has 1 aliphatic rings. The summed E-state index contributed by atoms with van der Waals surface area (Å²) in [5.74, 6) is 0. The molecule has 1 heterocycles. The van der Waals surface area contributed by atoms with E-state index in [-0.39, 0.29) is 0 Å². The van der Waals surface area contributed by atoms with Crippen LogP contribution in [0, 0.1) is 0 Å². The molecule has 0 bridgehead atoms. The average molecular weight is 129 g/mol. The van der Waals surface area contributed by atoms with E-state index in [0.717, 1.165) is 0 Å². The van der Waals surface area contributed by atoms with Crippen LogP contribution < -0.4 is 5.73 Å². The van der Waals surface area contributed by atoms with Crippen molar-refractivity contribution in [2.45, 2.75) is 37.6 Å². The van der Waals surface area contributed by atoms with E-state index < -0.39 is 8.07 Å². The third-order valence-electron chi connectivity index (χ3n) is 2.01. The molecular formula is C6H15NSi. The van der Waals surface area contributed by atoms with Gasteiger partial charge in [-0.25, -0.2) is 0 Å². The van der Waals surface area contributed by atoms with Gasteiger partial charge in [0, 0.05) is 14.1 Å². The Balaban J connectivity index is 2.44. The van der Waals surface area contributed by atoms with Crippen LogP contribution >= 0.6 is 0 Å². The maximum absolute atomic E-state index is 5.75. The number of hydrogen-bond donors (Lipinski definition) is 1. The second-order valence-corrected chi connectivity index (χ2v) is 8.90. The fraction of sp³-hybridized carbons (Fsp3) is 1.00. The fourth-order valence-electron chi connectivity index (χ4n) is 1.49. The lowest BCUT2D eigenvalue weighted by Gasteiger charge is -2.11. The fourth-order valence-corrected chi connectivity index (χ4v) is 4.47. The monoisotopic (exact) mass is 129 g/mol. The normalized spacial score (nSPS) is 35.6. The average Bonchev–Trinajstić information content (AvgIpc) is 1.82. The molecule has 2 N–H and O–H groups in total. The van der Waals surface area contributed by atoms with Crippen molar-refractivity contribution < 1.29 is 0 Å². The molecule has 1 fully saturated rings. The van der Waals surface area contributed by atoms with E-state index >= 15 is 0 Å². The minimum Gasteiger partial charge on any atom is -0.328 e. The minimum absolute atomic E-state index is 0.552. The highest BCUT2D eigenvalue weighted by Gasteiger charge is 2.30. The van der Waals surface area contributed by atoms with E-state index in [0.29, 0.717) is 6.04 Å². The first kappa shape index (κ1) is 6.30. The molecule has 0 spiro atoms. The smallest absolute Gasteiger partial charge is 0.0489 e. The maximum atomic E-state index is 5.75. The van der Waals surface area contributed by atoms with Gasteiger partial charge >= 0.3 is 0 Å². The molecule has 1 rings (SSSR count). The van der Waals surface area contributed by atoms with E-state index in [2.05, 4.69) is 13.1 Å². The predicted octanol–water partition coefficient (Wildman–Crippen LogP) is 1.43. The van der Waals surface area contributed by atoms with Crippen molar-refractivity contribution >= 4 is 8.07 Å². The Bertz CT molecular complexity index is 90.5. The Morgan fingerprint density at radius 1 is 1.50 bits per heavy atom. The van der Waals surface area contributed by atoms with Gasteiger partial charge in [-0.1, -0.05) is 19.1 Å². The summed E-state index contributed by atoms with van der Waals surface area (Å²) in [5, 5.41) is 0. The molecule has 1 aliphatic heterocycles. The highest BCUT2D eigenvalue weighted by Crippen LogP contribution is 2.28. The van der Waals surface area contributed by atoms with Crippen molar-refractivity contribution in [3.63, 3.8) is 0 Å². The molecule has 1 nitrogen and oxygen atoms in total. The van der Waals surface area contributed by atoms with Gasteiger partial charge in [0.2, 0.25) is 0 Å². The van der Waals surface area contributed by atoms with Gasteiger partial charge in [0.1, 0.15) is 0 Å². The van der Waals surface area contributed by atoms with Crippen LogP contribution in [0.1, 0.15) is 6.42 Å². The minimum atomic E-state index is -0.728. The van der Waals surface area contributed by atoms with Crippen molar-refractivity contribution in [1.82, 2.24) is 0 Å². The molecule has 0 amide bonds. The molecule has 1 atom stereocenters. The lowest BCUT2D eigenvalue weighted by molar-refractivity contribution is 0.749. The number of rotatable bonds is 0. The summed E-state index contributed by atoms with van der Waals surface area (Å²) in [5.41, 5.74) is 5.75. The summed E-state index contributed by atoms with van der Waals surface area (Å²) < 4.78 is 0. The Kier molecular flexibility index (Phi) is 1.45. The summed E-state index contributed by atoms with van der Waals surface area (Å²) in [4.78, 5) is 0. The second-order valence-electron chi connectivity index (χ2n) is 3.67. The molecule has 8 heavy (non-hydrogen) atoms. The van der Waals surface area contributed by atoms with Gasteiger partial charge in [-0.2, -0.15) is 0 Å². The molecule has 0 radical (unpaired) electrons. The standard InChI is InChI=1S/C6H15NSi/c1-8(2)4-3-6(7)5-8/h6H,3-5,7H2,1-2H3/t6-/m1/s1. The summed E-state index contributed by atoms with van der Waals surface area (Å²) in [6.07, 6.45) is 1.29. The van der Waals surface area contributed by atoms with Gasteiger partial charge in [0.15, 0.2) is 0 Å². The molecule has 48 valence electrons. The summed E-state index contributed by atoms with van der Waals surface area (Å²) in [6, 6.07) is 3.36. The van der Waals surface area contributed by atoms with E-state index in [1.54, 1.807) is 0 Å². The van der Waals surface area contributed by atoms with Crippen LogP contribution in [0.15, 0.2) is 0 Å². The third-order valence-corrected chi connectivity index (χ3v) is 5.28. The lowest BCUT2D eigenvalue weighted by Crippen LogP contribution is -2.23. The van der Waals surface area contributed by atoms with E-state index in [4.69, 9.17) is 5.73 Å². The van der Waals surface area contributed by atoms with Crippen molar-refractivity contribution in [3.05, 3.63) is 0 Å². The molecule has 2 heteroatoms. The van der Waals surface area contributed by atoms with E-state index in [1.165, 1.54) is 18.5 Å². The predicted molar refractivity (Wildman–Crippen MR) is 39.7 cm³/mol. The quantitative estimate of drug-likeness (QED) is 0.492. The van der Waals surface area contributed by atoms with Crippen LogP contribution in [0.5, 0.6) is 0 Å². The first-order valence-electron chi connectivity index (χ1n) is 3.36. The highest BCUT2D eigenvalue weighted by atomic mass is 28.3. The van der Waals surface area contributed by atoms with Crippen LogP contribution in [0.4, 0.5) is 0 Å². The molecule has 0 aliphatic carbocycles. The molecule has 0 unspecified atom stereocenters. The molecule has 0 aromatic rings. The van der Waals surface area contributed by atoms with Gasteiger partial charge < -0.3 is 5.73 Å². The molecule has 0 saturated carbocycles. The van der Waals surface area contributed by atoms with Crippen molar-refractivity contribution in [3.8, 4) is 0 Å². The zero-order valence-corrected chi connectivity index (χ0v) is 6.78. The third kappa shape index (κ3) is 1.33. The highest BCUT2D eigenvalue weighted by molar-refractivity contribution is 6.78. The van der Waals surface area contributed by atoms with Gasteiger partial charge in [0.25, 0.3) is 0 Å². The summed E-state index contributed by atoms with van der Waals surface area (Å²) in [7, 11) is -0.728. The van der Waals surface area contributed by atoms with Gasteiger partial charge in [-0.15, -0.1) is 0 Å². The van der Waals surface area contributed by atoms with Crippen LogP contribution in [-0.4, -0.2) is 14.1 Å². The van der Waals surface area contributed by atoms with E-state index in [9.17, 15) is 0 Å². The van der Waals surface area contributed by atoms with Crippen molar-refractivity contribution in [2.24, 2.45) is 5.73 Å². The largest absolute Gasteiger partial charge is 0.328 e. The Labute approximate surface area is 52.3 Å². The summed E-state index contributed by atoms with van der Waals surface area (Å²) in [6.45, 7) is 4.86. The van der Waals surface area contributed by atoms with Gasteiger partial charge in [-0.05, 0) is 12.5 Å². The first-order chi connectivity index (χ1) is 3.60. The van der Waals surface area contributed by atoms with Crippen LogP contribution in [-0.2, 0) is 0 Å². The Morgan fingerprint density at radius 3 is 2.25 bits per heavy atom. The van der Waals surface area contributed by atoms with E-state index in [1.807, 2.05) is 0 Å². The van der Waals surface area contributed by atoms with Crippen LogP contribution in [0.25, 0.3) is 0 Å². The van der Waals surface area contributed by atoms with Crippen LogP contribution in [0.3, 0.4) is 0 Å². The van der Waals surface area contributed by atoms with Crippen LogP contribution in [0.2, 0.25) is 25.2 Å². The van der Waals surface area contributed by atoms with Gasteiger partial charge in [-0.3, -0.25) is 0 Å². The van der Waals surface area contributed by atoms with Crippen molar-refractivity contribution in [1.29, 1.82) is 0 Å². The molecule has 1 saturated heterocycles. The zero-order chi connectivity index (χ0) is 6.20. The first-order valence-corrected chi connectivity index (χ1v) is 6.77. The maximum Gasteiger partial charge on any atom is 0.0489 e. The molecular weight excluding hydrogens is 114 g/mol. The molecule has 0 aromatic carbocycles. The molecule has 0 aromatic heterocycles. The lowest BCUT2D eigenvalue weighted by atomic mass is 10.3. The Hall–Kier alpha value is 0.177. The zero-order valence-electron chi connectivity index (χ0n) is 5.78. The number of hydrogen-bond acceptors (Lipinski definition) is 1. The second kappa shape index (κ2) is 1.85. The number of nitrogens with two attached hydrogens (primary N) is 1.